The first-order valence-corrected chi connectivity index (χ1v) is 17.9. The van der Waals surface area contributed by atoms with Gasteiger partial charge in [-0.05, 0) is 128 Å². The van der Waals surface area contributed by atoms with Crippen molar-refractivity contribution in [1.82, 2.24) is 29.7 Å². The summed E-state index contributed by atoms with van der Waals surface area (Å²) in [4.78, 5) is 46.4. The van der Waals surface area contributed by atoms with Crippen LogP contribution in [-0.4, -0.2) is 77.8 Å². The standard InChI is InChI=1S/C40H48N6O4/c1-25-28(14-10-20-45(25)36(47)49-38(2,3)4)34-41-30-17-15-26(22-32(30)43-34)12-8-9-13-27-16-18-31-33(23-27)44-35(42-31)29-24-40(29)19-11-21-46(40)37(48)50-39(5,6)7/h12-13,15-18,22-23,25,28-29H,10-11,14,19-21,24H2,1-7H3,(H,41,43)(H,42,44). The maximum absolute atomic E-state index is 13.0. The van der Waals surface area contributed by atoms with Gasteiger partial charge >= 0.3 is 12.2 Å². The van der Waals surface area contributed by atoms with Crippen LogP contribution >= 0.6 is 0 Å². The molecule has 10 nitrogen and oxygen atoms in total. The Bertz CT molecular complexity index is 2050. The van der Waals surface area contributed by atoms with E-state index in [4.69, 9.17) is 19.4 Å². The van der Waals surface area contributed by atoms with Gasteiger partial charge in [-0.1, -0.05) is 23.6 Å². The topological polar surface area (TPSA) is 116 Å². The molecule has 1 spiro atoms. The molecule has 2 aromatic heterocycles. The van der Waals surface area contributed by atoms with E-state index in [2.05, 4.69) is 40.5 Å². The SMILES string of the molecule is CC1C(c2nc3ccc(C=C=C=Cc4ccc5nc(C6CC67CCCN7C(=O)OC(C)(C)C)[nH]c5c4)cc3[nH]2)CCCN1C(=O)OC(C)(C)C. The zero-order chi connectivity index (χ0) is 35.4. The Balaban J connectivity index is 1.03. The number of aromatic amines is 2. The van der Waals surface area contributed by atoms with Gasteiger partial charge in [-0.25, -0.2) is 19.6 Å². The number of nitrogens with zero attached hydrogens (tertiary/aromatic N) is 4. The quantitative estimate of drug-likeness (QED) is 0.209. The molecule has 1 aliphatic carbocycles. The fourth-order valence-electron chi connectivity index (χ4n) is 7.66. The van der Waals surface area contributed by atoms with Crippen molar-refractivity contribution in [2.75, 3.05) is 13.1 Å². The summed E-state index contributed by atoms with van der Waals surface area (Å²) in [5.41, 5.74) is 10.8. The number of hydrogen-bond acceptors (Lipinski definition) is 6. The lowest BCUT2D eigenvalue weighted by Gasteiger charge is -2.39. The van der Waals surface area contributed by atoms with Crippen molar-refractivity contribution in [3.05, 3.63) is 70.6 Å². The predicted octanol–water partition coefficient (Wildman–Crippen LogP) is 8.68. The average Bonchev–Trinajstić information content (AvgIpc) is 3.34. The van der Waals surface area contributed by atoms with Crippen LogP contribution in [0.1, 0.15) is 115 Å². The number of hydrogen-bond donors (Lipinski definition) is 2. The van der Waals surface area contributed by atoms with Gasteiger partial charge in [0.15, 0.2) is 0 Å². The molecule has 4 unspecified atom stereocenters. The zero-order valence-electron chi connectivity index (χ0n) is 30.2. The first-order valence-electron chi connectivity index (χ1n) is 17.9. The van der Waals surface area contributed by atoms with E-state index < -0.39 is 11.2 Å². The maximum Gasteiger partial charge on any atom is 0.410 e. The van der Waals surface area contributed by atoms with E-state index >= 15 is 0 Å². The first kappa shape index (κ1) is 33.7. The number of benzene rings is 2. The van der Waals surface area contributed by atoms with E-state index in [1.807, 2.05) is 87.8 Å². The molecular weight excluding hydrogens is 628 g/mol. The van der Waals surface area contributed by atoms with Crippen LogP contribution in [0, 0.1) is 0 Å². The number of piperidine rings is 1. The molecule has 10 heteroatoms. The largest absolute Gasteiger partial charge is 0.444 e. The van der Waals surface area contributed by atoms with Gasteiger partial charge in [0.2, 0.25) is 0 Å². The summed E-state index contributed by atoms with van der Waals surface area (Å²) in [6, 6.07) is 12.2. The molecule has 3 fully saturated rings. The Hall–Kier alpha value is -4.78. The fourth-order valence-corrected chi connectivity index (χ4v) is 7.66. The summed E-state index contributed by atoms with van der Waals surface area (Å²) in [5, 5.41) is 0. The van der Waals surface area contributed by atoms with Crippen LogP contribution in [0.2, 0.25) is 0 Å². The fraction of sp³-hybridized carbons (Fsp3) is 0.500. The van der Waals surface area contributed by atoms with Crippen molar-refractivity contribution in [2.24, 2.45) is 0 Å². The summed E-state index contributed by atoms with van der Waals surface area (Å²) in [7, 11) is 0. The number of fused-ring (bicyclic) bond motifs is 2. The van der Waals surface area contributed by atoms with Gasteiger partial charge in [-0.3, -0.25) is 0 Å². The third kappa shape index (κ3) is 6.83. The van der Waals surface area contributed by atoms with Gasteiger partial charge < -0.3 is 29.2 Å². The van der Waals surface area contributed by atoms with Crippen LogP contribution in [0.5, 0.6) is 0 Å². The highest BCUT2D eigenvalue weighted by Gasteiger charge is 2.64. The molecule has 2 N–H and O–H groups in total. The monoisotopic (exact) mass is 676 g/mol. The minimum atomic E-state index is -0.529. The van der Waals surface area contributed by atoms with E-state index in [0.717, 1.165) is 83.5 Å². The third-order valence-electron chi connectivity index (χ3n) is 10.1. The van der Waals surface area contributed by atoms with Gasteiger partial charge in [0.05, 0.1) is 27.6 Å². The number of amides is 2. The molecular formula is C40H48N6O4. The summed E-state index contributed by atoms with van der Waals surface area (Å²) < 4.78 is 11.4. The molecule has 4 atom stereocenters. The normalized spacial score (nSPS) is 23.5. The summed E-state index contributed by atoms with van der Waals surface area (Å²) in [6.45, 7) is 14.9. The predicted molar refractivity (Wildman–Crippen MR) is 195 cm³/mol. The summed E-state index contributed by atoms with van der Waals surface area (Å²) in [6.07, 6.45) is 8.05. The van der Waals surface area contributed by atoms with Crippen LogP contribution in [-0.2, 0) is 9.47 Å². The Morgan fingerprint density at radius 1 is 0.840 bits per heavy atom. The minimum absolute atomic E-state index is 0.0219. The number of H-pyrrole nitrogens is 2. The molecule has 2 aromatic carbocycles. The highest BCUT2D eigenvalue weighted by Crippen LogP contribution is 2.60. The molecule has 262 valence electrons. The van der Waals surface area contributed by atoms with Crippen molar-refractivity contribution in [3.8, 4) is 0 Å². The summed E-state index contributed by atoms with van der Waals surface area (Å²) in [5.74, 6) is 2.12. The van der Waals surface area contributed by atoms with Crippen LogP contribution in [0.25, 0.3) is 34.2 Å². The lowest BCUT2D eigenvalue weighted by Crippen LogP contribution is -2.48. The van der Waals surface area contributed by atoms with Crippen molar-refractivity contribution in [3.63, 3.8) is 0 Å². The number of rotatable bonds is 4. The van der Waals surface area contributed by atoms with E-state index in [0.29, 0.717) is 6.54 Å². The molecule has 1 saturated carbocycles. The second kappa shape index (κ2) is 12.5. The van der Waals surface area contributed by atoms with E-state index in [-0.39, 0.29) is 35.6 Å². The Labute approximate surface area is 293 Å². The molecule has 7 rings (SSSR count). The van der Waals surface area contributed by atoms with Gasteiger partial charge in [0.1, 0.15) is 22.9 Å². The van der Waals surface area contributed by atoms with Gasteiger partial charge in [0.25, 0.3) is 0 Å². The second-order valence-corrected chi connectivity index (χ2v) is 16.1. The molecule has 0 radical (unpaired) electrons. The molecule has 2 aliphatic heterocycles. The van der Waals surface area contributed by atoms with Crippen molar-refractivity contribution in [2.45, 2.75) is 115 Å². The minimum Gasteiger partial charge on any atom is -0.444 e. The Morgan fingerprint density at radius 2 is 1.42 bits per heavy atom. The number of imidazole rings is 2. The highest BCUT2D eigenvalue weighted by atomic mass is 16.6. The van der Waals surface area contributed by atoms with Gasteiger partial charge in [-0.15, -0.1) is 0 Å². The van der Waals surface area contributed by atoms with Crippen molar-refractivity contribution in [1.29, 1.82) is 0 Å². The molecule has 2 saturated heterocycles. The average molecular weight is 677 g/mol. The lowest BCUT2D eigenvalue weighted by molar-refractivity contribution is 0.00845. The number of likely N-dealkylation sites (tertiary alicyclic amines) is 2. The third-order valence-corrected chi connectivity index (χ3v) is 10.1. The first-order chi connectivity index (χ1) is 23.7. The number of ether oxygens (including phenoxy) is 2. The van der Waals surface area contributed by atoms with Crippen LogP contribution in [0.3, 0.4) is 0 Å². The Morgan fingerprint density at radius 3 is 2.04 bits per heavy atom. The lowest BCUT2D eigenvalue weighted by atomic mass is 9.90. The van der Waals surface area contributed by atoms with E-state index in [9.17, 15) is 9.59 Å². The van der Waals surface area contributed by atoms with E-state index in [1.165, 1.54) is 0 Å². The molecule has 50 heavy (non-hydrogen) atoms. The molecule has 3 aliphatic rings. The van der Waals surface area contributed by atoms with Crippen molar-refractivity contribution >= 4 is 46.4 Å². The van der Waals surface area contributed by atoms with Crippen LogP contribution < -0.4 is 0 Å². The number of carbonyl (C=O) groups excluding carboxylic acids is 2. The molecule has 4 heterocycles. The maximum atomic E-state index is 13.0. The Kier molecular flexibility index (Phi) is 8.44. The number of carbonyl (C=O) groups is 2. The van der Waals surface area contributed by atoms with E-state index in [1.54, 1.807) is 0 Å². The number of aromatic nitrogens is 4. The van der Waals surface area contributed by atoms with Gasteiger partial charge in [0, 0.05) is 31.0 Å². The van der Waals surface area contributed by atoms with Crippen LogP contribution in [0.15, 0.2) is 47.9 Å². The molecule has 0 bridgehead atoms. The molecule has 4 aromatic rings. The van der Waals surface area contributed by atoms with Gasteiger partial charge in [-0.2, -0.15) is 0 Å². The van der Waals surface area contributed by atoms with Crippen molar-refractivity contribution < 1.29 is 19.1 Å². The number of nitrogens with one attached hydrogen (secondary N) is 2. The zero-order valence-corrected chi connectivity index (χ0v) is 30.2. The molecule has 2 amide bonds. The smallest absolute Gasteiger partial charge is 0.410 e. The summed E-state index contributed by atoms with van der Waals surface area (Å²) >= 11 is 0. The van der Waals surface area contributed by atoms with Crippen LogP contribution in [0.4, 0.5) is 9.59 Å². The highest BCUT2D eigenvalue weighted by molar-refractivity contribution is 5.80. The second-order valence-electron chi connectivity index (χ2n) is 16.1.